The molecular weight excluding hydrogens is 504 g/mol. The second-order valence-electron chi connectivity index (χ2n) is 10.3. The number of fused-ring (bicyclic) bond motifs is 2. The maximum atomic E-state index is 12.2. The molecule has 37 heavy (non-hydrogen) atoms. The number of nitrogens with zero attached hydrogens (tertiary/aromatic N) is 5. The number of hydrogen-bond donors (Lipinski definition) is 3. The number of likely N-dealkylation sites (tertiary alicyclic amines) is 1. The van der Waals surface area contributed by atoms with Crippen LogP contribution in [0, 0.1) is 17.2 Å². The number of carbonyl (C=O) groups is 1. The Morgan fingerprint density at radius 1 is 1.41 bits per heavy atom. The van der Waals surface area contributed by atoms with Crippen LogP contribution in [0.15, 0.2) is 29.8 Å². The van der Waals surface area contributed by atoms with Crippen LogP contribution >= 0.6 is 22.7 Å². The lowest BCUT2D eigenvalue weighted by atomic mass is 9.70. The molecule has 1 aliphatic carbocycles. The Labute approximate surface area is 224 Å². The van der Waals surface area contributed by atoms with E-state index in [1.807, 2.05) is 6.07 Å². The number of aromatic amines is 1. The number of aromatic nitrogens is 4. The summed E-state index contributed by atoms with van der Waals surface area (Å²) in [6, 6.07) is 6.70. The highest BCUT2D eigenvalue weighted by molar-refractivity contribution is 7.14. The SMILES string of the molecule is C=C(CN[C@H](C)CC1(c2nn[nH]n2)c2ccsc2CCc2sc(C(N)=O)cc21)N1C(C#N)C[C@H](C)C1C. The monoisotopic (exact) mass is 536 g/mol. The fourth-order valence-corrected chi connectivity index (χ4v) is 8.08. The molecule has 1 amide bonds. The number of hydrogen-bond acceptors (Lipinski definition) is 9. The molecule has 9 nitrogen and oxygen atoms in total. The van der Waals surface area contributed by atoms with Gasteiger partial charge in [0.1, 0.15) is 6.04 Å². The zero-order valence-corrected chi connectivity index (χ0v) is 23.0. The summed E-state index contributed by atoms with van der Waals surface area (Å²) in [5.74, 6) is 0.608. The molecule has 5 rings (SSSR count). The van der Waals surface area contributed by atoms with Gasteiger partial charge >= 0.3 is 0 Å². The van der Waals surface area contributed by atoms with E-state index in [2.05, 4.69) is 75.7 Å². The maximum Gasteiger partial charge on any atom is 0.258 e. The Kier molecular flexibility index (Phi) is 6.91. The van der Waals surface area contributed by atoms with Crippen molar-refractivity contribution in [3.8, 4) is 6.07 Å². The number of nitriles is 1. The van der Waals surface area contributed by atoms with Crippen LogP contribution in [0.4, 0.5) is 0 Å². The largest absolute Gasteiger partial charge is 0.365 e. The van der Waals surface area contributed by atoms with Crippen molar-refractivity contribution in [1.82, 2.24) is 30.8 Å². The van der Waals surface area contributed by atoms with Gasteiger partial charge in [-0.1, -0.05) is 18.7 Å². The fraction of sp³-hybridized carbons (Fsp3) is 0.500. The molecule has 194 valence electrons. The van der Waals surface area contributed by atoms with Crippen LogP contribution in [-0.2, 0) is 18.3 Å². The van der Waals surface area contributed by atoms with Gasteiger partial charge in [0.05, 0.1) is 16.4 Å². The number of amides is 1. The van der Waals surface area contributed by atoms with E-state index in [-0.39, 0.29) is 18.1 Å². The van der Waals surface area contributed by atoms with Gasteiger partial charge in [0.2, 0.25) is 0 Å². The fourth-order valence-electron chi connectivity index (χ4n) is 6.04. The first-order chi connectivity index (χ1) is 17.8. The molecule has 0 spiro atoms. The number of aryl methyl sites for hydroxylation is 2. The predicted octanol–water partition coefficient (Wildman–Crippen LogP) is 3.36. The Hall–Kier alpha value is -3.07. The minimum Gasteiger partial charge on any atom is -0.365 e. The number of nitrogens with one attached hydrogen (secondary N) is 2. The van der Waals surface area contributed by atoms with Crippen molar-refractivity contribution in [1.29, 1.82) is 5.26 Å². The van der Waals surface area contributed by atoms with Crippen LogP contribution in [-0.4, -0.2) is 56.1 Å². The highest BCUT2D eigenvalue weighted by Gasteiger charge is 2.47. The molecule has 0 bridgehead atoms. The van der Waals surface area contributed by atoms with Crippen molar-refractivity contribution < 1.29 is 4.79 Å². The smallest absolute Gasteiger partial charge is 0.258 e. The van der Waals surface area contributed by atoms with Crippen LogP contribution < -0.4 is 11.1 Å². The van der Waals surface area contributed by atoms with Crippen LogP contribution in [0.1, 0.15) is 70.0 Å². The average molecular weight is 537 g/mol. The van der Waals surface area contributed by atoms with Crippen molar-refractivity contribution in [2.45, 2.75) is 70.0 Å². The van der Waals surface area contributed by atoms with Gasteiger partial charge in [-0.25, -0.2) is 0 Å². The van der Waals surface area contributed by atoms with E-state index in [1.54, 1.807) is 11.3 Å². The minimum absolute atomic E-state index is 0.0294. The Morgan fingerprint density at radius 2 is 2.19 bits per heavy atom. The first kappa shape index (κ1) is 25.6. The van der Waals surface area contributed by atoms with Gasteiger partial charge in [-0.15, -0.1) is 32.9 Å². The van der Waals surface area contributed by atoms with Crippen molar-refractivity contribution in [2.75, 3.05) is 6.54 Å². The van der Waals surface area contributed by atoms with Gasteiger partial charge in [-0.2, -0.15) is 10.5 Å². The van der Waals surface area contributed by atoms with Gasteiger partial charge < -0.3 is 16.0 Å². The van der Waals surface area contributed by atoms with E-state index in [1.165, 1.54) is 16.2 Å². The van der Waals surface area contributed by atoms with E-state index in [0.29, 0.717) is 29.6 Å². The predicted molar refractivity (Wildman–Crippen MR) is 144 cm³/mol. The van der Waals surface area contributed by atoms with Crippen molar-refractivity contribution in [3.05, 3.63) is 61.4 Å². The highest BCUT2D eigenvalue weighted by Crippen LogP contribution is 2.49. The summed E-state index contributed by atoms with van der Waals surface area (Å²) in [7, 11) is 0. The number of rotatable bonds is 8. The molecule has 5 atom stereocenters. The molecule has 4 N–H and O–H groups in total. The number of primary amides is 1. The molecular formula is C26H32N8OS2. The van der Waals surface area contributed by atoms with Crippen molar-refractivity contribution in [3.63, 3.8) is 0 Å². The lowest BCUT2D eigenvalue weighted by molar-refractivity contribution is 0.100. The molecule has 1 fully saturated rings. The molecule has 3 unspecified atom stereocenters. The quantitative estimate of drug-likeness (QED) is 0.401. The molecule has 4 heterocycles. The molecule has 0 radical (unpaired) electrons. The summed E-state index contributed by atoms with van der Waals surface area (Å²) in [5.41, 5.74) is 8.14. The lowest BCUT2D eigenvalue weighted by Gasteiger charge is -2.35. The topological polar surface area (TPSA) is 137 Å². The molecule has 3 aromatic heterocycles. The van der Waals surface area contributed by atoms with Crippen LogP contribution in [0.25, 0.3) is 0 Å². The average Bonchev–Trinajstić information content (AvgIpc) is 3.67. The second-order valence-corrected chi connectivity index (χ2v) is 12.4. The van der Waals surface area contributed by atoms with Gasteiger partial charge in [0, 0.05) is 34.1 Å². The molecule has 1 saturated heterocycles. The standard InChI is InChI=1S/C26H32N8OS2/c1-14-9-18(12-27)34(17(14)4)16(3)13-29-15(2)11-26(25-30-32-33-31-25)19-7-8-36-21(19)5-6-22-20(26)10-23(37-22)24(28)35/h7-8,10,14-15,17-18,29H,3,5-6,9,11,13H2,1-2,4H3,(H2,28,35)(H,30,31,32,33)/t14-,15+,17?,18?,26?/m0/s1. The highest BCUT2D eigenvalue weighted by atomic mass is 32.1. The van der Waals surface area contributed by atoms with E-state index in [9.17, 15) is 10.1 Å². The first-order valence-electron chi connectivity index (χ1n) is 12.6. The van der Waals surface area contributed by atoms with Gasteiger partial charge in [-0.05, 0) is 74.1 Å². The third-order valence-corrected chi connectivity index (χ3v) is 10.2. The number of nitrogens with two attached hydrogens (primary N) is 1. The zero-order chi connectivity index (χ0) is 26.3. The third kappa shape index (κ3) is 4.37. The Balaban J connectivity index is 1.48. The van der Waals surface area contributed by atoms with Gasteiger partial charge in [0.15, 0.2) is 5.82 Å². The maximum absolute atomic E-state index is 12.2. The van der Waals surface area contributed by atoms with E-state index < -0.39 is 11.3 Å². The van der Waals surface area contributed by atoms with E-state index >= 15 is 0 Å². The van der Waals surface area contributed by atoms with E-state index in [0.717, 1.165) is 41.0 Å². The number of tetrazole rings is 1. The first-order valence-corrected chi connectivity index (χ1v) is 14.3. The molecule has 0 saturated carbocycles. The molecule has 11 heteroatoms. The molecule has 3 aromatic rings. The number of H-pyrrole nitrogens is 1. The van der Waals surface area contributed by atoms with Crippen LogP contribution in [0.3, 0.4) is 0 Å². The van der Waals surface area contributed by atoms with Gasteiger partial charge in [-0.3, -0.25) is 4.79 Å². The number of carbonyl (C=O) groups excluding carboxylic acids is 1. The van der Waals surface area contributed by atoms with Crippen molar-refractivity contribution >= 4 is 28.6 Å². The normalized spacial score (nSPS) is 25.7. The molecule has 2 aliphatic rings. The summed E-state index contributed by atoms with van der Waals surface area (Å²) in [6.07, 6.45) is 3.23. The number of thiophene rings is 2. The Bertz CT molecular complexity index is 1340. The molecule has 1 aliphatic heterocycles. The minimum atomic E-state index is -0.684. The summed E-state index contributed by atoms with van der Waals surface area (Å²) in [5, 5.41) is 31.0. The summed E-state index contributed by atoms with van der Waals surface area (Å²) in [6.45, 7) is 11.4. The van der Waals surface area contributed by atoms with Gasteiger partial charge in [0.25, 0.3) is 5.91 Å². The lowest BCUT2D eigenvalue weighted by Crippen LogP contribution is -2.43. The van der Waals surface area contributed by atoms with E-state index in [4.69, 9.17) is 5.73 Å². The van der Waals surface area contributed by atoms with Crippen LogP contribution in [0.2, 0.25) is 0 Å². The zero-order valence-electron chi connectivity index (χ0n) is 21.3. The molecule has 0 aromatic carbocycles. The third-order valence-electron chi connectivity index (χ3n) is 8.00. The second kappa shape index (κ2) is 10.0. The summed E-state index contributed by atoms with van der Waals surface area (Å²) >= 11 is 3.21. The summed E-state index contributed by atoms with van der Waals surface area (Å²) in [4.78, 5) is 17.3. The van der Waals surface area contributed by atoms with Crippen LogP contribution in [0.5, 0.6) is 0 Å². The summed E-state index contributed by atoms with van der Waals surface area (Å²) < 4.78 is 0. The Morgan fingerprint density at radius 3 is 2.89 bits per heavy atom. The van der Waals surface area contributed by atoms with Crippen molar-refractivity contribution in [2.24, 2.45) is 11.7 Å².